The Kier molecular flexibility index (Phi) is 5.56. The molecule has 0 fully saturated rings. The van der Waals surface area contributed by atoms with E-state index in [9.17, 15) is 4.79 Å². The Morgan fingerprint density at radius 1 is 1.41 bits per heavy atom. The summed E-state index contributed by atoms with van der Waals surface area (Å²) in [6, 6.07) is 6.25. The lowest BCUT2D eigenvalue weighted by Crippen LogP contribution is -2.08. The van der Waals surface area contributed by atoms with Crippen LogP contribution in [0.1, 0.15) is 31.9 Å². The molecule has 0 aliphatic carbocycles. The van der Waals surface area contributed by atoms with Crippen LogP contribution in [0.15, 0.2) is 23.1 Å². The summed E-state index contributed by atoms with van der Waals surface area (Å²) in [6.45, 7) is 8.62. The van der Waals surface area contributed by atoms with Crippen molar-refractivity contribution < 1.29 is 9.53 Å². The van der Waals surface area contributed by atoms with Crippen LogP contribution in [-0.2, 0) is 16.0 Å². The molecule has 94 valence electrons. The van der Waals surface area contributed by atoms with Gasteiger partial charge in [-0.2, -0.15) is 0 Å². The van der Waals surface area contributed by atoms with Crippen molar-refractivity contribution in [2.45, 2.75) is 44.3 Å². The second kappa shape index (κ2) is 6.70. The standard InChI is InChI=1S/C14H20O2S/c1-5-16-14(15)9-12-8-11(4)6-7-13(12)17-10(2)3/h6-8,10H,5,9H2,1-4H3. The third-order valence-corrected chi connectivity index (χ3v) is 3.34. The van der Waals surface area contributed by atoms with Gasteiger partial charge >= 0.3 is 5.97 Å². The van der Waals surface area contributed by atoms with E-state index in [1.807, 2.05) is 13.8 Å². The lowest BCUT2D eigenvalue weighted by atomic mass is 10.1. The van der Waals surface area contributed by atoms with Crippen LogP contribution in [-0.4, -0.2) is 17.8 Å². The van der Waals surface area contributed by atoms with Gasteiger partial charge in [-0.25, -0.2) is 0 Å². The molecule has 17 heavy (non-hydrogen) atoms. The number of rotatable bonds is 5. The summed E-state index contributed by atoms with van der Waals surface area (Å²) in [5.74, 6) is -0.149. The molecule has 0 spiro atoms. The van der Waals surface area contributed by atoms with Crippen LogP contribution in [0.3, 0.4) is 0 Å². The Morgan fingerprint density at radius 3 is 2.71 bits per heavy atom. The zero-order chi connectivity index (χ0) is 12.8. The fourth-order valence-electron chi connectivity index (χ4n) is 1.58. The van der Waals surface area contributed by atoms with Crippen LogP contribution in [0, 0.1) is 6.92 Å². The van der Waals surface area contributed by atoms with E-state index in [4.69, 9.17) is 4.74 Å². The number of aryl methyl sites for hydroxylation is 1. The summed E-state index contributed by atoms with van der Waals surface area (Å²) < 4.78 is 5.00. The van der Waals surface area contributed by atoms with E-state index in [0.29, 0.717) is 18.3 Å². The molecular weight excluding hydrogens is 232 g/mol. The Morgan fingerprint density at radius 2 is 2.12 bits per heavy atom. The number of hydrogen-bond acceptors (Lipinski definition) is 3. The molecule has 0 aliphatic rings. The third-order valence-electron chi connectivity index (χ3n) is 2.22. The van der Waals surface area contributed by atoms with Gasteiger partial charge in [0.15, 0.2) is 0 Å². The first-order valence-corrected chi connectivity index (χ1v) is 6.82. The van der Waals surface area contributed by atoms with Crippen LogP contribution in [0.4, 0.5) is 0 Å². The average molecular weight is 252 g/mol. The topological polar surface area (TPSA) is 26.3 Å². The molecule has 1 rings (SSSR count). The van der Waals surface area contributed by atoms with Gasteiger partial charge in [-0.15, -0.1) is 11.8 Å². The lowest BCUT2D eigenvalue weighted by Gasteiger charge is -2.11. The van der Waals surface area contributed by atoms with Gasteiger partial charge in [-0.1, -0.05) is 31.5 Å². The molecule has 0 saturated heterocycles. The van der Waals surface area contributed by atoms with Gasteiger partial charge in [-0.3, -0.25) is 4.79 Å². The molecule has 0 atom stereocenters. The molecule has 0 aliphatic heterocycles. The Balaban J connectivity index is 2.86. The largest absolute Gasteiger partial charge is 0.466 e. The van der Waals surface area contributed by atoms with Crippen LogP contribution < -0.4 is 0 Å². The zero-order valence-corrected chi connectivity index (χ0v) is 11.8. The van der Waals surface area contributed by atoms with Crippen molar-refractivity contribution in [3.63, 3.8) is 0 Å². The van der Waals surface area contributed by atoms with E-state index in [1.54, 1.807) is 11.8 Å². The van der Waals surface area contributed by atoms with Gasteiger partial charge in [0, 0.05) is 10.1 Å². The zero-order valence-electron chi connectivity index (χ0n) is 10.9. The van der Waals surface area contributed by atoms with Gasteiger partial charge in [0.05, 0.1) is 13.0 Å². The van der Waals surface area contributed by atoms with Gasteiger partial charge in [0.2, 0.25) is 0 Å². The molecule has 0 unspecified atom stereocenters. The molecule has 0 bridgehead atoms. The number of hydrogen-bond donors (Lipinski definition) is 0. The molecule has 0 amide bonds. The molecule has 2 nitrogen and oxygen atoms in total. The molecule has 0 aromatic heterocycles. The first kappa shape index (κ1) is 14.1. The SMILES string of the molecule is CCOC(=O)Cc1cc(C)ccc1SC(C)C. The van der Waals surface area contributed by atoms with Crippen LogP contribution >= 0.6 is 11.8 Å². The fraction of sp³-hybridized carbons (Fsp3) is 0.500. The lowest BCUT2D eigenvalue weighted by molar-refractivity contribution is -0.142. The molecule has 0 saturated carbocycles. The maximum Gasteiger partial charge on any atom is 0.310 e. The maximum absolute atomic E-state index is 11.5. The average Bonchev–Trinajstić information content (AvgIpc) is 2.22. The highest BCUT2D eigenvalue weighted by molar-refractivity contribution is 8.00. The first-order valence-electron chi connectivity index (χ1n) is 5.94. The van der Waals surface area contributed by atoms with E-state index in [2.05, 4.69) is 32.0 Å². The molecule has 0 heterocycles. The van der Waals surface area contributed by atoms with E-state index in [0.717, 1.165) is 5.56 Å². The van der Waals surface area contributed by atoms with Crippen molar-refractivity contribution in [3.8, 4) is 0 Å². The second-order valence-corrected chi connectivity index (χ2v) is 5.88. The number of benzene rings is 1. The van der Waals surface area contributed by atoms with E-state index in [1.165, 1.54) is 10.5 Å². The maximum atomic E-state index is 11.5. The molecular formula is C14H20O2S. The van der Waals surface area contributed by atoms with Crippen molar-refractivity contribution in [3.05, 3.63) is 29.3 Å². The molecule has 1 aromatic rings. The summed E-state index contributed by atoms with van der Waals surface area (Å²) in [4.78, 5) is 12.7. The minimum absolute atomic E-state index is 0.149. The van der Waals surface area contributed by atoms with Crippen molar-refractivity contribution in [2.75, 3.05) is 6.61 Å². The quantitative estimate of drug-likeness (QED) is 0.591. The monoisotopic (exact) mass is 252 g/mol. The Hall–Kier alpha value is -0.960. The van der Waals surface area contributed by atoms with Crippen molar-refractivity contribution in [1.82, 2.24) is 0 Å². The minimum Gasteiger partial charge on any atom is -0.466 e. The van der Waals surface area contributed by atoms with Crippen molar-refractivity contribution >= 4 is 17.7 Å². The van der Waals surface area contributed by atoms with Crippen molar-refractivity contribution in [1.29, 1.82) is 0 Å². The normalized spacial score (nSPS) is 10.6. The third kappa shape index (κ3) is 4.82. The molecule has 0 N–H and O–H groups in total. The number of carbonyl (C=O) groups is 1. The summed E-state index contributed by atoms with van der Waals surface area (Å²) in [5.41, 5.74) is 2.25. The number of thioether (sulfide) groups is 1. The second-order valence-electron chi connectivity index (χ2n) is 4.26. The summed E-state index contributed by atoms with van der Waals surface area (Å²) in [5, 5.41) is 0.513. The number of carbonyl (C=O) groups excluding carboxylic acids is 1. The molecule has 0 radical (unpaired) electrons. The van der Waals surface area contributed by atoms with E-state index < -0.39 is 0 Å². The minimum atomic E-state index is -0.149. The molecule has 1 aromatic carbocycles. The summed E-state index contributed by atoms with van der Waals surface area (Å²) in [7, 11) is 0. The Labute approximate surface area is 108 Å². The van der Waals surface area contributed by atoms with Gasteiger partial charge in [0.1, 0.15) is 0 Å². The van der Waals surface area contributed by atoms with Crippen LogP contribution in [0.25, 0.3) is 0 Å². The Bertz CT molecular complexity index is 386. The predicted octanol–water partition coefficient (Wildman–Crippen LogP) is 3.60. The van der Waals surface area contributed by atoms with Crippen molar-refractivity contribution in [2.24, 2.45) is 0 Å². The van der Waals surface area contributed by atoms with E-state index >= 15 is 0 Å². The summed E-state index contributed by atoms with van der Waals surface area (Å²) in [6.07, 6.45) is 0.366. The first-order chi connectivity index (χ1) is 8.02. The fourth-order valence-corrected chi connectivity index (χ4v) is 2.52. The van der Waals surface area contributed by atoms with Gasteiger partial charge < -0.3 is 4.74 Å². The molecule has 3 heteroatoms. The van der Waals surface area contributed by atoms with Crippen LogP contribution in [0.2, 0.25) is 0 Å². The number of ether oxygens (including phenoxy) is 1. The smallest absolute Gasteiger partial charge is 0.310 e. The van der Waals surface area contributed by atoms with E-state index in [-0.39, 0.29) is 5.97 Å². The van der Waals surface area contributed by atoms with Gasteiger partial charge in [0.25, 0.3) is 0 Å². The van der Waals surface area contributed by atoms with Gasteiger partial charge in [-0.05, 0) is 25.5 Å². The summed E-state index contributed by atoms with van der Waals surface area (Å²) >= 11 is 1.79. The number of esters is 1. The predicted molar refractivity (Wildman–Crippen MR) is 72.5 cm³/mol. The van der Waals surface area contributed by atoms with Crippen LogP contribution in [0.5, 0.6) is 0 Å². The highest BCUT2D eigenvalue weighted by Gasteiger charge is 2.10. The highest BCUT2D eigenvalue weighted by Crippen LogP contribution is 2.28. The highest BCUT2D eigenvalue weighted by atomic mass is 32.2.